The number of likely N-dealkylation sites (tertiary alicyclic amines) is 1. The summed E-state index contributed by atoms with van der Waals surface area (Å²) < 4.78 is 5.74. The van der Waals surface area contributed by atoms with E-state index in [1.165, 1.54) is 0 Å². The number of ether oxygens (including phenoxy) is 1. The van der Waals surface area contributed by atoms with E-state index in [0.29, 0.717) is 21.8 Å². The predicted octanol–water partition coefficient (Wildman–Crippen LogP) is 7.46. The topological polar surface area (TPSA) is 70.6 Å². The summed E-state index contributed by atoms with van der Waals surface area (Å²) in [5.41, 5.74) is 1.74. The van der Waals surface area contributed by atoms with E-state index in [0.717, 1.165) is 59.4 Å². The number of piperidine rings is 1. The molecule has 2 aromatic heterocycles. The van der Waals surface area contributed by atoms with Gasteiger partial charge in [0.05, 0.1) is 16.4 Å². The highest BCUT2D eigenvalue weighted by molar-refractivity contribution is 8.08. The van der Waals surface area contributed by atoms with Gasteiger partial charge in [0.2, 0.25) is 0 Å². The first-order valence-corrected chi connectivity index (χ1v) is 15.5. The Morgan fingerprint density at radius 3 is 2.76 bits per heavy atom. The quantitative estimate of drug-likeness (QED) is 0.277. The minimum Gasteiger partial charge on any atom is -0.444 e. The van der Waals surface area contributed by atoms with E-state index in [1.807, 2.05) is 25.7 Å². The molecular weight excluding hydrogens is 585 g/mol. The van der Waals surface area contributed by atoms with Gasteiger partial charge in [-0.25, -0.2) is 14.8 Å². The molecule has 12 heteroatoms. The highest BCUT2D eigenvalue weighted by Crippen LogP contribution is 2.46. The Labute approximate surface area is 246 Å². The molecule has 38 heavy (non-hydrogen) atoms. The maximum atomic E-state index is 13.0. The molecular formula is C26H30Cl3N5O2S2. The number of amides is 1. The van der Waals surface area contributed by atoms with Crippen LogP contribution in [0.1, 0.15) is 44.9 Å². The van der Waals surface area contributed by atoms with Crippen LogP contribution in [-0.2, 0) is 4.74 Å². The lowest BCUT2D eigenvalue weighted by molar-refractivity contribution is 0.00670. The van der Waals surface area contributed by atoms with Crippen molar-refractivity contribution in [1.82, 2.24) is 14.9 Å². The number of carbonyl (C=O) groups excluding carboxylic acids is 1. The van der Waals surface area contributed by atoms with E-state index < -0.39 is 5.60 Å². The predicted molar refractivity (Wildman–Crippen MR) is 161 cm³/mol. The molecule has 3 aliphatic heterocycles. The number of nitrogens with one attached hydrogen (secondary N) is 1. The Balaban J connectivity index is 1.40. The minimum atomic E-state index is -0.524. The van der Waals surface area contributed by atoms with Crippen LogP contribution in [0, 0.1) is 5.92 Å². The van der Waals surface area contributed by atoms with Gasteiger partial charge in [0.15, 0.2) is 5.13 Å². The normalized spacial score (nSPS) is 23.3. The van der Waals surface area contributed by atoms with Crippen molar-refractivity contribution in [2.45, 2.75) is 50.6 Å². The van der Waals surface area contributed by atoms with Crippen molar-refractivity contribution in [3.05, 3.63) is 46.4 Å². The number of allylic oxidation sites excluding steroid dienone is 1. The van der Waals surface area contributed by atoms with Crippen molar-refractivity contribution in [2.75, 3.05) is 35.6 Å². The van der Waals surface area contributed by atoms with E-state index >= 15 is 0 Å². The van der Waals surface area contributed by atoms with Crippen LogP contribution in [-0.4, -0.2) is 63.4 Å². The van der Waals surface area contributed by atoms with Crippen LogP contribution in [0.15, 0.2) is 24.9 Å². The number of alkyl halides is 1. The minimum absolute atomic E-state index is 0.0259. The lowest BCUT2D eigenvalue weighted by Gasteiger charge is -2.37. The largest absolute Gasteiger partial charge is 0.444 e. The van der Waals surface area contributed by atoms with Gasteiger partial charge in [-0.3, -0.25) is 0 Å². The van der Waals surface area contributed by atoms with Crippen LogP contribution >= 0.6 is 57.9 Å². The number of hydrogen-bond acceptors (Lipinski definition) is 8. The summed E-state index contributed by atoms with van der Waals surface area (Å²) in [6.45, 7) is 12.2. The fourth-order valence-corrected chi connectivity index (χ4v) is 7.72. The van der Waals surface area contributed by atoms with Crippen LogP contribution in [0.3, 0.4) is 0 Å². The van der Waals surface area contributed by atoms with E-state index in [-0.39, 0.29) is 22.7 Å². The maximum Gasteiger partial charge on any atom is 0.410 e. The number of thioether (sulfide) groups is 1. The van der Waals surface area contributed by atoms with Crippen molar-refractivity contribution in [2.24, 2.45) is 5.92 Å². The molecule has 5 rings (SSSR count). The maximum absolute atomic E-state index is 13.0. The van der Waals surface area contributed by atoms with Gasteiger partial charge in [0.25, 0.3) is 0 Å². The van der Waals surface area contributed by atoms with Crippen molar-refractivity contribution >= 4 is 84.7 Å². The molecule has 3 unspecified atom stereocenters. The SMILES string of the molecule is C=C(Nc1nc(C2=CC(Cl)CS2)c(N2CC3CCCN(C(=O)OC(C)(C)C)C3C2)s1)c1cnc(Cl)c(Cl)c1. The molecule has 7 nitrogen and oxygen atoms in total. The zero-order valence-corrected chi connectivity index (χ0v) is 25.4. The second-order valence-electron chi connectivity index (χ2n) is 10.7. The number of pyridine rings is 1. The standard InChI is InChI=1S/C26H30Cl3N5O2S2/c1-14(16-8-18(28)22(29)30-10-16)31-24-32-21(20-9-17(27)13-37-20)23(38-24)33-11-15-6-5-7-34(19(15)12-33)25(35)36-26(2,3)4/h8-10,15,17,19H,1,5-7,11-13H2,2-4H3,(H,31,32). The molecule has 2 fully saturated rings. The van der Waals surface area contributed by atoms with Crippen molar-refractivity contribution < 1.29 is 9.53 Å². The molecule has 1 N–H and O–H groups in total. The number of rotatable bonds is 5. The third kappa shape index (κ3) is 6.07. The lowest BCUT2D eigenvalue weighted by Crippen LogP contribution is -2.50. The van der Waals surface area contributed by atoms with Crippen LogP contribution < -0.4 is 10.2 Å². The third-order valence-electron chi connectivity index (χ3n) is 6.67. The molecule has 0 aliphatic carbocycles. The van der Waals surface area contributed by atoms with Crippen LogP contribution in [0.5, 0.6) is 0 Å². The molecule has 0 bridgehead atoms. The molecule has 204 valence electrons. The number of halogens is 3. The summed E-state index contributed by atoms with van der Waals surface area (Å²) in [5.74, 6) is 1.20. The van der Waals surface area contributed by atoms with Gasteiger partial charge in [0.1, 0.15) is 21.4 Å². The van der Waals surface area contributed by atoms with Gasteiger partial charge in [0, 0.05) is 47.7 Å². The fourth-order valence-electron chi connectivity index (χ4n) is 5.00. The molecule has 1 amide bonds. The van der Waals surface area contributed by atoms with Crippen molar-refractivity contribution in [3.63, 3.8) is 0 Å². The first kappa shape index (κ1) is 27.9. The molecule has 0 radical (unpaired) electrons. The number of aromatic nitrogens is 2. The molecule has 5 heterocycles. The molecule has 3 atom stereocenters. The second-order valence-corrected chi connectivity index (χ2v) is 14.0. The summed E-state index contributed by atoms with van der Waals surface area (Å²) in [7, 11) is 0. The highest BCUT2D eigenvalue weighted by Gasteiger charge is 2.43. The third-order valence-corrected chi connectivity index (χ3v) is 10.0. The van der Waals surface area contributed by atoms with Crippen molar-refractivity contribution in [1.29, 1.82) is 0 Å². The van der Waals surface area contributed by atoms with Crippen LogP contribution in [0.25, 0.3) is 10.6 Å². The Morgan fingerprint density at radius 2 is 2.08 bits per heavy atom. The summed E-state index contributed by atoms with van der Waals surface area (Å²) in [5, 5.41) is 5.69. The van der Waals surface area contributed by atoms with Crippen molar-refractivity contribution in [3.8, 4) is 0 Å². The number of carbonyl (C=O) groups is 1. The Hall–Kier alpha value is -1.65. The first-order chi connectivity index (χ1) is 18.0. The van der Waals surface area contributed by atoms with E-state index in [1.54, 1.807) is 35.4 Å². The summed E-state index contributed by atoms with van der Waals surface area (Å²) in [6, 6.07) is 1.83. The average molecular weight is 615 g/mol. The second kappa shape index (κ2) is 11.1. The number of fused-ring (bicyclic) bond motifs is 1. The Bertz CT molecular complexity index is 1280. The number of thiazole rings is 1. The molecule has 0 aromatic carbocycles. The van der Waals surface area contributed by atoms with Gasteiger partial charge < -0.3 is 19.9 Å². The molecule has 0 spiro atoms. The molecule has 0 saturated carbocycles. The molecule has 2 saturated heterocycles. The summed E-state index contributed by atoms with van der Waals surface area (Å²) in [6.07, 6.45) is 5.53. The lowest BCUT2D eigenvalue weighted by atomic mass is 9.92. The monoisotopic (exact) mass is 613 g/mol. The zero-order chi connectivity index (χ0) is 27.2. The van der Waals surface area contributed by atoms with E-state index in [9.17, 15) is 4.79 Å². The fraction of sp³-hybridized carbons (Fsp3) is 0.500. The number of anilines is 2. The van der Waals surface area contributed by atoms with Crippen LogP contribution in [0.4, 0.5) is 14.9 Å². The van der Waals surface area contributed by atoms with Gasteiger partial charge in [-0.1, -0.05) is 41.1 Å². The van der Waals surface area contributed by atoms with Gasteiger partial charge >= 0.3 is 6.09 Å². The summed E-state index contributed by atoms with van der Waals surface area (Å²) >= 11 is 21.8. The van der Waals surface area contributed by atoms with E-state index in [4.69, 9.17) is 44.5 Å². The highest BCUT2D eigenvalue weighted by atomic mass is 35.5. The molecule has 2 aromatic rings. The smallest absolute Gasteiger partial charge is 0.410 e. The Kier molecular flexibility index (Phi) is 8.14. The molecule has 3 aliphatic rings. The zero-order valence-electron chi connectivity index (χ0n) is 21.5. The van der Waals surface area contributed by atoms with Gasteiger partial charge in [-0.15, -0.1) is 23.4 Å². The van der Waals surface area contributed by atoms with Gasteiger partial charge in [-0.05, 0) is 51.7 Å². The number of hydrogen-bond donors (Lipinski definition) is 1. The summed E-state index contributed by atoms with van der Waals surface area (Å²) in [4.78, 5) is 27.5. The number of nitrogens with zero attached hydrogens (tertiary/aromatic N) is 4. The Morgan fingerprint density at radius 1 is 1.29 bits per heavy atom. The van der Waals surface area contributed by atoms with Crippen LogP contribution in [0.2, 0.25) is 10.2 Å². The average Bonchev–Trinajstić information content (AvgIpc) is 3.57. The van der Waals surface area contributed by atoms with E-state index in [2.05, 4.69) is 27.9 Å². The first-order valence-electron chi connectivity index (χ1n) is 12.5. The van der Waals surface area contributed by atoms with Gasteiger partial charge in [-0.2, -0.15) is 0 Å².